The Kier molecular flexibility index (Phi) is 5.13. The van der Waals surface area contributed by atoms with E-state index in [0.717, 1.165) is 6.42 Å². The molecule has 0 aliphatic rings. The number of carbonyl (C=O) groups is 1. The van der Waals surface area contributed by atoms with Crippen LogP contribution in [0.15, 0.2) is 10.6 Å². The van der Waals surface area contributed by atoms with E-state index in [1.165, 1.54) is 6.07 Å². The Bertz CT molecular complexity index is 377. The highest BCUT2D eigenvalue weighted by Crippen LogP contribution is 2.02. The van der Waals surface area contributed by atoms with E-state index < -0.39 is 16.8 Å². The molecular weight excluding hydrogens is 232 g/mol. The minimum atomic E-state index is -1.10. The second-order valence-corrected chi connectivity index (χ2v) is 4.85. The molecule has 0 aromatic carbocycles. The van der Waals surface area contributed by atoms with Crippen LogP contribution in [-0.2, 0) is 17.3 Å². The van der Waals surface area contributed by atoms with E-state index in [1.807, 2.05) is 0 Å². The molecule has 1 aromatic rings. The minimum Gasteiger partial charge on any atom is -0.476 e. The van der Waals surface area contributed by atoms with Crippen molar-refractivity contribution in [3.8, 4) is 0 Å². The Morgan fingerprint density at radius 3 is 3.00 bits per heavy atom. The van der Waals surface area contributed by atoms with E-state index in [4.69, 9.17) is 9.63 Å². The Morgan fingerprint density at radius 2 is 2.44 bits per heavy atom. The monoisotopic (exact) mass is 246 g/mol. The van der Waals surface area contributed by atoms with Crippen LogP contribution < -0.4 is 5.32 Å². The summed E-state index contributed by atoms with van der Waals surface area (Å²) in [4.78, 5) is 10.5. The van der Waals surface area contributed by atoms with Crippen LogP contribution in [-0.4, -0.2) is 39.0 Å². The molecule has 0 spiro atoms. The van der Waals surface area contributed by atoms with Gasteiger partial charge in [-0.05, 0) is 13.0 Å². The summed E-state index contributed by atoms with van der Waals surface area (Å²) in [7, 11) is -0.769. The number of aromatic carboxylic acids is 1. The summed E-state index contributed by atoms with van der Waals surface area (Å²) in [5.74, 6) is 0.0375. The third-order valence-corrected chi connectivity index (χ3v) is 2.73. The predicted molar refractivity (Wildman–Crippen MR) is 58.7 cm³/mol. The molecule has 0 aliphatic carbocycles. The van der Waals surface area contributed by atoms with E-state index in [0.29, 0.717) is 24.6 Å². The van der Waals surface area contributed by atoms with Crippen molar-refractivity contribution in [3.63, 3.8) is 0 Å². The van der Waals surface area contributed by atoms with E-state index in [2.05, 4.69) is 10.5 Å². The molecule has 1 rings (SSSR count). The van der Waals surface area contributed by atoms with E-state index in [1.54, 1.807) is 6.26 Å². The summed E-state index contributed by atoms with van der Waals surface area (Å²) in [5, 5.41) is 15.0. The number of hydrogen-bond donors (Lipinski definition) is 2. The maximum atomic E-state index is 10.7. The summed E-state index contributed by atoms with van der Waals surface area (Å²) in [5.41, 5.74) is -0.0912. The fourth-order valence-corrected chi connectivity index (χ4v) is 1.66. The second-order valence-electron chi connectivity index (χ2n) is 3.29. The molecule has 7 heteroatoms. The van der Waals surface area contributed by atoms with Gasteiger partial charge in [-0.1, -0.05) is 5.16 Å². The molecule has 1 unspecified atom stereocenters. The first-order chi connectivity index (χ1) is 7.59. The lowest BCUT2D eigenvalue weighted by Gasteiger charge is -1.99. The molecule has 1 aromatic heterocycles. The van der Waals surface area contributed by atoms with Crippen LogP contribution in [0.25, 0.3) is 0 Å². The zero-order valence-corrected chi connectivity index (χ0v) is 9.75. The highest BCUT2D eigenvalue weighted by molar-refractivity contribution is 7.84. The first-order valence-corrected chi connectivity index (χ1v) is 6.52. The quantitative estimate of drug-likeness (QED) is 0.669. The first kappa shape index (κ1) is 12.9. The normalized spacial score (nSPS) is 12.6. The highest BCUT2D eigenvalue weighted by Gasteiger charge is 2.09. The number of nitrogens with zero attached hydrogens (tertiary/aromatic N) is 1. The molecule has 16 heavy (non-hydrogen) atoms. The van der Waals surface area contributed by atoms with Gasteiger partial charge in [-0.25, -0.2) is 4.79 Å². The van der Waals surface area contributed by atoms with Crippen molar-refractivity contribution < 1.29 is 18.6 Å². The van der Waals surface area contributed by atoms with Crippen LogP contribution >= 0.6 is 0 Å². The third-order valence-electron chi connectivity index (χ3n) is 1.86. The van der Waals surface area contributed by atoms with E-state index in [9.17, 15) is 9.00 Å². The van der Waals surface area contributed by atoms with Gasteiger partial charge in [0.05, 0.1) is 6.54 Å². The number of hydrogen-bond acceptors (Lipinski definition) is 5. The van der Waals surface area contributed by atoms with E-state index in [-0.39, 0.29) is 5.69 Å². The highest BCUT2D eigenvalue weighted by atomic mass is 32.2. The molecule has 90 valence electrons. The van der Waals surface area contributed by atoms with Crippen LogP contribution in [0.4, 0.5) is 0 Å². The van der Waals surface area contributed by atoms with Crippen LogP contribution in [0.1, 0.15) is 22.7 Å². The molecule has 6 nitrogen and oxygen atoms in total. The smallest absolute Gasteiger partial charge is 0.358 e. The van der Waals surface area contributed by atoms with Crippen LogP contribution in [0.5, 0.6) is 0 Å². The van der Waals surface area contributed by atoms with Gasteiger partial charge >= 0.3 is 5.97 Å². The average Bonchev–Trinajstić information content (AvgIpc) is 2.65. The van der Waals surface area contributed by atoms with Gasteiger partial charge < -0.3 is 14.9 Å². The van der Waals surface area contributed by atoms with Crippen LogP contribution in [0.2, 0.25) is 0 Å². The molecule has 0 bridgehead atoms. The summed E-state index contributed by atoms with van der Waals surface area (Å²) in [6, 6.07) is 1.38. The fourth-order valence-electron chi connectivity index (χ4n) is 1.11. The van der Waals surface area contributed by atoms with E-state index >= 15 is 0 Å². The Hall–Kier alpha value is -1.21. The topological polar surface area (TPSA) is 92.4 Å². The fraction of sp³-hybridized carbons (Fsp3) is 0.556. The Balaban J connectivity index is 2.21. The molecular formula is C9H14N2O4S. The lowest BCUT2D eigenvalue weighted by atomic mass is 10.3. The average molecular weight is 246 g/mol. The van der Waals surface area contributed by atoms with Gasteiger partial charge in [0.1, 0.15) is 0 Å². The maximum Gasteiger partial charge on any atom is 0.358 e. The van der Waals surface area contributed by atoms with Crippen molar-refractivity contribution in [2.24, 2.45) is 0 Å². The molecule has 0 saturated carbocycles. The largest absolute Gasteiger partial charge is 0.476 e. The van der Waals surface area contributed by atoms with Gasteiger partial charge in [0.2, 0.25) is 0 Å². The van der Waals surface area contributed by atoms with Crippen molar-refractivity contribution in [3.05, 3.63) is 17.5 Å². The van der Waals surface area contributed by atoms with Gasteiger partial charge in [-0.15, -0.1) is 0 Å². The van der Waals surface area contributed by atoms with Gasteiger partial charge in [-0.2, -0.15) is 0 Å². The zero-order valence-electron chi connectivity index (χ0n) is 8.93. The van der Waals surface area contributed by atoms with Crippen LogP contribution in [0.3, 0.4) is 0 Å². The van der Waals surface area contributed by atoms with Gasteiger partial charge in [-0.3, -0.25) is 4.21 Å². The molecule has 0 radical (unpaired) electrons. The standard InChI is InChI=1S/C9H14N2O4S/c1-16(14)4-2-3-10-6-7-5-8(9(12)13)11-15-7/h5,10H,2-4,6H2,1H3,(H,12,13). The predicted octanol–water partition coefficient (Wildman–Crippen LogP) is 0.231. The first-order valence-electron chi connectivity index (χ1n) is 4.79. The third kappa shape index (κ3) is 4.54. The lowest BCUT2D eigenvalue weighted by Crippen LogP contribution is -2.16. The van der Waals surface area contributed by atoms with Crippen molar-refractivity contribution in [1.29, 1.82) is 0 Å². The second kappa shape index (κ2) is 6.39. The maximum absolute atomic E-state index is 10.7. The number of carboxylic acids is 1. The van der Waals surface area contributed by atoms with Gasteiger partial charge in [0.15, 0.2) is 11.5 Å². The van der Waals surface area contributed by atoms with Crippen molar-refractivity contribution in [2.75, 3.05) is 18.6 Å². The summed E-state index contributed by atoms with van der Waals surface area (Å²) in [6.07, 6.45) is 2.47. The number of carboxylic acid groups (broad SMARTS) is 1. The molecule has 0 saturated heterocycles. The minimum absolute atomic E-state index is 0.0912. The molecule has 0 aliphatic heterocycles. The molecule has 0 fully saturated rings. The van der Waals surface area contributed by atoms with Crippen molar-refractivity contribution in [2.45, 2.75) is 13.0 Å². The molecule has 1 heterocycles. The summed E-state index contributed by atoms with van der Waals surface area (Å²) in [6.45, 7) is 1.14. The SMILES string of the molecule is CS(=O)CCCNCc1cc(C(=O)O)no1. The molecule has 0 amide bonds. The Labute approximate surface area is 95.5 Å². The molecule has 2 N–H and O–H groups in total. The lowest BCUT2D eigenvalue weighted by molar-refractivity contribution is 0.0685. The van der Waals surface area contributed by atoms with Gasteiger partial charge in [0, 0.05) is 28.9 Å². The number of nitrogens with one attached hydrogen (secondary N) is 1. The van der Waals surface area contributed by atoms with Crippen LogP contribution in [0, 0.1) is 0 Å². The Morgan fingerprint density at radius 1 is 1.69 bits per heavy atom. The van der Waals surface area contributed by atoms with Crippen molar-refractivity contribution >= 4 is 16.8 Å². The molecule has 1 atom stereocenters. The number of aromatic nitrogens is 1. The summed E-state index contributed by atoms with van der Waals surface area (Å²) < 4.78 is 15.5. The summed E-state index contributed by atoms with van der Waals surface area (Å²) >= 11 is 0. The number of rotatable bonds is 7. The zero-order chi connectivity index (χ0) is 12.0. The van der Waals surface area contributed by atoms with Gasteiger partial charge in [0.25, 0.3) is 0 Å². The van der Waals surface area contributed by atoms with Crippen molar-refractivity contribution in [1.82, 2.24) is 10.5 Å².